The van der Waals surface area contributed by atoms with Gasteiger partial charge in [0, 0.05) is 11.8 Å². The molecule has 1 heterocycles. The number of benzene rings is 3. The Bertz CT molecular complexity index is 1400. The van der Waals surface area contributed by atoms with Gasteiger partial charge in [0.05, 0.1) is 10.5 Å². The summed E-state index contributed by atoms with van der Waals surface area (Å²) in [5.41, 5.74) is 2.72. The Balaban J connectivity index is 1.54. The second-order valence-corrected chi connectivity index (χ2v) is 7.50. The number of phenolic OH excluding ortho intramolecular Hbond substituents is 1. The molecular formula is C23H18N4O5S. The number of carbonyl (C=O) groups is 1. The first-order valence-corrected chi connectivity index (χ1v) is 10.3. The van der Waals surface area contributed by atoms with Crippen LogP contribution in [0, 0.1) is 10.1 Å². The van der Waals surface area contributed by atoms with Crippen LogP contribution < -0.4 is 10.6 Å². The van der Waals surface area contributed by atoms with Crippen LogP contribution in [0.2, 0.25) is 0 Å². The third kappa shape index (κ3) is 4.65. The molecule has 0 atom stereocenters. The number of rotatable bonds is 5. The molecular weight excluding hydrogens is 444 g/mol. The zero-order valence-electron chi connectivity index (χ0n) is 17.4. The number of fused-ring (bicyclic) bond motifs is 1. The van der Waals surface area contributed by atoms with E-state index in [1.165, 1.54) is 30.3 Å². The first-order chi connectivity index (χ1) is 15.9. The van der Waals surface area contributed by atoms with Gasteiger partial charge < -0.3 is 14.8 Å². The molecule has 3 N–H and O–H groups in total. The molecule has 0 aliphatic heterocycles. The maximum atomic E-state index is 12.5. The minimum absolute atomic E-state index is 0.0438. The van der Waals surface area contributed by atoms with E-state index in [0.29, 0.717) is 22.4 Å². The molecule has 1 aromatic heterocycles. The van der Waals surface area contributed by atoms with Crippen LogP contribution >= 0.6 is 12.2 Å². The number of hydrogen-bond donors (Lipinski definition) is 3. The number of aryl methyl sites for hydroxylation is 1. The molecule has 4 aromatic rings. The van der Waals surface area contributed by atoms with E-state index in [0.717, 1.165) is 12.0 Å². The zero-order chi connectivity index (χ0) is 23.5. The highest BCUT2D eigenvalue weighted by atomic mass is 32.1. The molecule has 0 aliphatic carbocycles. The number of hydrogen-bond acceptors (Lipinski definition) is 7. The third-order valence-corrected chi connectivity index (χ3v) is 5.12. The third-order valence-electron chi connectivity index (χ3n) is 4.92. The number of nitro benzene ring substituents is 1. The Hall–Kier alpha value is -4.31. The predicted molar refractivity (Wildman–Crippen MR) is 127 cm³/mol. The molecule has 4 rings (SSSR count). The summed E-state index contributed by atoms with van der Waals surface area (Å²) in [6.45, 7) is 2.04. The van der Waals surface area contributed by atoms with Gasteiger partial charge >= 0.3 is 0 Å². The summed E-state index contributed by atoms with van der Waals surface area (Å²) < 4.78 is 5.79. The summed E-state index contributed by atoms with van der Waals surface area (Å²) >= 11 is 5.18. The summed E-state index contributed by atoms with van der Waals surface area (Å²) in [5.74, 6) is -0.531. The van der Waals surface area contributed by atoms with E-state index >= 15 is 0 Å². The monoisotopic (exact) mass is 462 g/mol. The molecule has 9 nitrogen and oxygen atoms in total. The van der Waals surface area contributed by atoms with Gasteiger partial charge in [-0.3, -0.25) is 20.2 Å². The molecule has 0 saturated heterocycles. The van der Waals surface area contributed by atoms with E-state index in [4.69, 9.17) is 16.6 Å². The number of carbonyl (C=O) groups excluding carboxylic acids is 1. The molecule has 0 saturated carbocycles. The minimum atomic E-state index is -0.718. The number of para-hydroxylation sites is 1. The lowest BCUT2D eigenvalue weighted by molar-refractivity contribution is -0.385. The first-order valence-electron chi connectivity index (χ1n) is 9.94. The number of amides is 1. The van der Waals surface area contributed by atoms with Gasteiger partial charge in [-0.15, -0.1) is 0 Å². The molecule has 33 heavy (non-hydrogen) atoms. The van der Waals surface area contributed by atoms with Crippen LogP contribution in [0.25, 0.3) is 22.6 Å². The van der Waals surface area contributed by atoms with Gasteiger partial charge in [-0.2, -0.15) is 0 Å². The van der Waals surface area contributed by atoms with E-state index in [1.54, 1.807) is 12.1 Å². The molecule has 10 heteroatoms. The highest BCUT2D eigenvalue weighted by Gasteiger charge is 2.20. The van der Waals surface area contributed by atoms with Crippen LogP contribution in [0.5, 0.6) is 5.75 Å². The SMILES string of the molecule is CCc1ccc2oc(-c3cc(NC(=S)NC(=O)c4ccccc4[N+](=O)[O-])ccc3O)nc2c1. The second kappa shape index (κ2) is 9.05. The van der Waals surface area contributed by atoms with Crippen molar-refractivity contribution in [2.45, 2.75) is 13.3 Å². The van der Waals surface area contributed by atoms with Crippen LogP contribution in [0.4, 0.5) is 11.4 Å². The first kappa shape index (κ1) is 21.9. The Kier molecular flexibility index (Phi) is 6.01. The van der Waals surface area contributed by atoms with Crippen molar-refractivity contribution in [2.24, 2.45) is 0 Å². The molecule has 166 valence electrons. The lowest BCUT2D eigenvalue weighted by Crippen LogP contribution is -2.34. The van der Waals surface area contributed by atoms with Crippen LogP contribution in [-0.2, 0) is 6.42 Å². The average molecular weight is 462 g/mol. The van der Waals surface area contributed by atoms with E-state index < -0.39 is 10.8 Å². The Morgan fingerprint density at radius 2 is 1.97 bits per heavy atom. The molecule has 0 aliphatic rings. The maximum Gasteiger partial charge on any atom is 0.282 e. The Labute approximate surface area is 193 Å². The molecule has 1 amide bonds. The van der Waals surface area contributed by atoms with Crippen molar-refractivity contribution in [3.05, 3.63) is 81.9 Å². The summed E-state index contributed by atoms with van der Waals surface area (Å²) in [6.07, 6.45) is 0.859. The number of oxazole rings is 1. The maximum absolute atomic E-state index is 12.5. The van der Waals surface area contributed by atoms with E-state index in [1.807, 2.05) is 25.1 Å². The molecule has 0 spiro atoms. The fourth-order valence-corrected chi connectivity index (χ4v) is 3.46. The number of phenols is 1. The van der Waals surface area contributed by atoms with Crippen LogP contribution in [-0.4, -0.2) is 26.0 Å². The van der Waals surface area contributed by atoms with E-state index in [9.17, 15) is 20.0 Å². The van der Waals surface area contributed by atoms with Gasteiger partial charge in [0.2, 0.25) is 5.89 Å². The lowest BCUT2D eigenvalue weighted by atomic mass is 10.1. The topological polar surface area (TPSA) is 131 Å². The predicted octanol–water partition coefficient (Wildman–Crippen LogP) is 4.80. The van der Waals surface area contributed by atoms with Gasteiger partial charge in [0.1, 0.15) is 16.8 Å². The van der Waals surface area contributed by atoms with Gasteiger partial charge in [-0.05, 0) is 60.6 Å². The number of nitrogens with zero attached hydrogens (tertiary/aromatic N) is 2. The van der Waals surface area contributed by atoms with Crippen LogP contribution in [0.1, 0.15) is 22.8 Å². The molecule has 3 aromatic carbocycles. The summed E-state index contributed by atoms with van der Waals surface area (Å²) in [7, 11) is 0. The fraction of sp³-hybridized carbons (Fsp3) is 0.0870. The largest absolute Gasteiger partial charge is 0.507 e. The van der Waals surface area contributed by atoms with Gasteiger partial charge in [-0.25, -0.2) is 4.98 Å². The zero-order valence-corrected chi connectivity index (χ0v) is 18.2. The summed E-state index contributed by atoms with van der Waals surface area (Å²) in [5, 5.41) is 26.7. The van der Waals surface area contributed by atoms with E-state index in [-0.39, 0.29) is 28.0 Å². The lowest BCUT2D eigenvalue weighted by Gasteiger charge is -2.11. The highest BCUT2D eigenvalue weighted by molar-refractivity contribution is 7.80. The average Bonchev–Trinajstić information content (AvgIpc) is 3.23. The fourth-order valence-electron chi connectivity index (χ4n) is 3.25. The van der Waals surface area contributed by atoms with Gasteiger partial charge in [-0.1, -0.05) is 25.1 Å². The number of aromatic hydroxyl groups is 1. The number of aromatic nitrogens is 1. The summed E-state index contributed by atoms with van der Waals surface area (Å²) in [4.78, 5) is 27.4. The minimum Gasteiger partial charge on any atom is -0.507 e. The smallest absolute Gasteiger partial charge is 0.282 e. The second-order valence-electron chi connectivity index (χ2n) is 7.09. The van der Waals surface area contributed by atoms with Crippen LogP contribution in [0.3, 0.4) is 0 Å². The van der Waals surface area contributed by atoms with Crippen molar-refractivity contribution in [1.82, 2.24) is 10.3 Å². The Morgan fingerprint density at radius 3 is 2.73 bits per heavy atom. The van der Waals surface area contributed by atoms with Crippen molar-refractivity contribution in [1.29, 1.82) is 0 Å². The van der Waals surface area contributed by atoms with Crippen molar-refractivity contribution in [3.63, 3.8) is 0 Å². The quantitative estimate of drug-likeness (QED) is 0.167. The normalized spacial score (nSPS) is 10.7. The van der Waals surface area contributed by atoms with Crippen molar-refractivity contribution in [3.8, 4) is 17.2 Å². The van der Waals surface area contributed by atoms with E-state index in [2.05, 4.69) is 15.6 Å². The molecule has 0 radical (unpaired) electrons. The standard InChI is InChI=1S/C23H18N4O5S/c1-2-13-7-10-20-17(11-13)25-22(32-20)16-12-14(8-9-19(16)28)24-23(33)26-21(29)15-5-3-4-6-18(15)27(30)31/h3-12,28H,2H2,1H3,(H2,24,26,29,33). The number of thiocarbonyl (C=S) groups is 1. The Morgan fingerprint density at radius 1 is 1.18 bits per heavy atom. The number of anilines is 1. The number of nitro groups is 1. The van der Waals surface area contributed by atoms with Crippen molar-refractivity contribution >= 4 is 45.7 Å². The van der Waals surface area contributed by atoms with Crippen LogP contribution in [0.15, 0.2) is 65.1 Å². The molecule has 0 bridgehead atoms. The summed E-state index contributed by atoms with van der Waals surface area (Å²) in [6, 6.07) is 15.8. The number of nitrogens with one attached hydrogen (secondary N) is 2. The van der Waals surface area contributed by atoms with Gasteiger partial charge in [0.15, 0.2) is 10.7 Å². The molecule has 0 unspecified atom stereocenters. The van der Waals surface area contributed by atoms with Crippen molar-refractivity contribution in [2.75, 3.05) is 5.32 Å². The molecule has 0 fully saturated rings. The highest BCUT2D eigenvalue weighted by Crippen LogP contribution is 2.33. The van der Waals surface area contributed by atoms with Crippen molar-refractivity contribution < 1.29 is 19.2 Å². The van der Waals surface area contributed by atoms with Gasteiger partial charge in [0.25, 0.3) is 11.6 Å².